The normalized spacial score (nSPS) is 19.4. The largest absolute Gasteiger partial charge is 0.449 e. The molecule has 0 unspecified atom stereocenters. The van der Waals surface area contributed by atoms with Crippen molar-refractivity contribution in [1.82, 2.24) is 5.32 Å². The van der Waals surface area contributed by atoms with Crippen LogP contribution in [0, 0.1) is 0 Å². The number of rotatable bonds is 1. The maximum atomic E-state index is 11.1. The van der Waals surface area contributed by atoms with Crippen molar-refractivity contribution in [3.8, 4) is 0 Å². The summed E-state index contributed by atoms with van der Waals surface area (Å²) in [5, 5.41) is 2.78. The molecule has 16 heavy (non-hydrogen) atoms. The van der Waals surface area contributed by atoms with Crippen LogP contribution in [0.5, 0.6) is 0 Å². The smallest absolute Gasteiger partial charge is 0.407 e. The van der Waals surface area contributed by atoms with Gasteiger partial charge in [-0.05, 0) is 23.8 Å². The van der Waals surface area contributed by atoms with Crippen molar-refractivity contribution in [3.63, 3.8) is 0 Å². The molecule has 1 heterocycles. The quantitative estimate of drug-likeness (QED) is 0.815. The summed E-state index contributed by atoms with van der Waals surface area (Å²) in [5.74, 6) is 0. The lowest BCUT2D eigenvalue weighted by Gasteiger charge is -2.24. The van der Waals surface area contributed by atoms with Gasteiger partial charge in [0, 0.05) is 15.4 Å². The second kappa shape index (κ2) is 5.89. The van der Waals surface area contributed by atoms with Crippen molar-refractivity contribution >= 4 is 50.4 Å². The number of ether oxygens (including phenoxy) is 1. The second-order valence-corrected chi connectivity index (χ2v) is 5.16. The Morgan fingerprint density at radius 2 is 1.88 bits per heavy atom. The molecule has 1 aliphatic heterocycles. The zero-order valence-electron chi connectivity index (χ0n) is 8.20. The van der Waals surface area contributed by atoms with E-state index in [0.717, 1.165) is 20.9 Å². The third kappa shape index (κ3) is 3.37. The minimum Gasteiger partial charge on any atom is -0.449 e. The Balaban J connectivity index is 0.00000128. The van der Waals surface area contributed by atoms with Crippen LogP contribution in [0.1, 0.15) is 18.0 Å². The monoisotopic (exact) mass is 369 g/mol. The average molecular weight is 371 g/mol. The Kier molecular flexibility index (Phi) is 5.08. The topological polar surface area (TPSA) is 38.3 Å². The van der Waals surface area contributed by atoms with Gasteiger partial charge in [-0.1, -0.05) is 31.9 Å². The third-order valence-corrected chi connectivity index (χ3v) is 3.13. The van der Waals surface area contributed by atoms with E-state index in [4.69, 9.17) is 4.74 Å². The summed E-state index contributed by atoms with van der Waals surface area (Å²) in [5.41, 5.74) is 1.08. The summed E-state index contributed by atoms with van der Waals surface area (Å²) in [6, 6.07) is 6.01. The molecule has 88 valence electrons. The van der Waals surface area contributed by atoms with Gasteiger partial charge in [0.15, 0.2) is 0 Å². The molecule has 0 aromatic heterocycles. The van der Waals surface area contributed by atoms with Gasteiger partial charge < -0.3 is 10.1 Å². The molecule has 0 aliphatic carbocycles. The van der Waals surface area contributed by atoms with Crippen LogP contribution in [0.4, 0.5) is 4.79 Å². The van der Waals surface area contributed by atoms with E-state index in [9.17, 15) is 4.79 Å². The number of halogens is 3. The van der Waals surface area contributed by atoms with Crippen LogP contribution in [0.25, 0.3) is 0 Å². The summed E-state index contributed by atoms with van der Waals surface area (Å²) >= 11 is 6.84. The Morgan fingerprint density at radius 1 is 1.25 bits per heavy atom. The average Bonchev–Trinajstić information content (AvgIpc) is 2.16. The molecule has 0 saturated carbocycles. The first kappa shape index (κ1) is 13.8. The highest BCUT2D eigenvalue weighted by Crippen LogP contribution is 2.27. The van der Waals surface area contributed by atoms with Crippen molar-refractivity contribution in [3.05, 3.63) is 32.7 Å². The van der Waals surface area contributed by atoms with Crippen LogP contribution in [-0.2, 0) is 4.74 Å². The number of nitrogens with one attached hydrogen (secondary N) is 1. The molecule has 6 heteroatoms. The first-order valence-corrected chi connectivity index (χ1v) is 6.13. The number of hydrogen-bond donors (Lipinski definition) is 1. The van der Waals surface area contributed by atoms with E-state index >= 15 is 0 Å². The van der Waals surface area contributed by atoms with Crippen LogP contribution < -0.4 is 5.32 Å². The fourth-order valence-electron chi connectivity index (χ4n) is 1.55. The second-order valence-electron chi connectivity index (χ2n) is 3.32. The highest BCUT2D eigenvalue weighted by Gasteiger charge is 2.21. The third-order valence-electron chi connectivity index (χ3n) is 2.22. The molecule has 1 N–H and O–H groups in total. The molecule has 1 atom stereocenters. The number of alkyl carbamates (subject to hydrolysis) is 1. The van der Waals surface area contributed by atoms with Crippen molar-refractivity contribution in [2.75, 3.05) is 6.61 Å². The lowest BCUT2D eigenvalue weighted by Crippen LogP contribution is -2.35. The lowest BCUT2D eigenvalue weighted by molar-refractivity contribution is 0.115. The highest BCUT2D eigenvalue weighted by atomic mass is 79.9. The number of cyclic esters (lactones) is 1. The fourth-order valence-corrected chi connectivity index (χ4v) is 2.88. The number of carbonyl (C=O) groups is 1. The minimum absolute atomic E-state index is 0. The van der Waals surface area contributed by atoms with Crippen molar-refractivity contribution in [1.29, 1.82) is 0 Å². The zero-order chi connectivity index (χ0) is 10.8. The minimum atomic E-state index is -0.345. The molecule has 3 nitrogen and oxygen atoms in total. The molecule has 0 radical (unpaired) electrons. The van der Waals surface area contributed by atoms with Crippen LogP contribution in [0.15, 0.2) is 27.1 Å². The van der Waals surface area contributed by atoms with E-state index in [1.54, 1.807) is 0 Å². The van der Waals surface area contributed by atoms with Crippen LogP contribution in [0.2, 0.25) is 0 Å². The Labute approximate surface area is 117 Å². The summed E-state index contributed by atoms with van der Waals surface area (Å²) in [7, 11) is 0. The Bertz CT molecular complexity index is 380. The predicted octanol–water partition coefficient (Wildman–Crippen LogP) is 3.80. The van der Waals surface area contributed by atoms with Crippen molar-refractivity contribution in [2.24, 2.45) is 0 Å². The molecule has 1 amide bonds. The van der Waals surface area contributed by atoms with E-state index in [2.05, 4.69) is 37.2 Å². The summed E-state index contributed by atoms with van der Waals surface area (Å²) in [6.07, 6.45) is 0.455. The van der Waals surface area contributed by atoms with Gasteiger partial charge in [-0.25, -0.2) is 4.79 Å². The molecule has 1 fully saturated rings. The number of amides is 1. The summed E-state index contributed by atoms with van der Waals surface area (Å²) in [4.78, 5) is 11.1. The maximum Gasteiger partial charge on any atom is 0.407 e. The predicted molar refractivity (Wildman–Crippen MR) is 70.9 cm³/mol. The highest BCUT2D eigenvalue weighted by molar-refractivity contribution is 9.11. The van der Waals surface area contributed by atoms with Gasteiger partial charge in [-0.2, -0.15) is 0 Å². The lowest BCUT2D eigenvalue weighted by atomic mass is 10.0. The molecule has 1 saturated heterocycles. The molecule has 0 spiro atoms. The SMILES string of the molecule is Cl.O=C1N[C@H](c2cc(Br)cc(Br)c2)CCO1. The van der Waals surface area contributed by atoms with E-state index in [0.29, 0.717) is 6.61 Å². The molecule has 1 aromatic rings. The molecule has 1 aliphatic rings. The van der Waals surface area contributed by atoms with Gasteiger partial charge in [-0.3, -0.25) is 0 Å². The fraction of sp³-hybridized carbons (Fsp3) is 0.300. The first-order chi connectivity index (χ1) is 7.15. The zero-order valence-corrected chi connectivity index (χ0v) is 12.2. The van der Waals surface area contributed by atoms with Gasteiger partial charge in [0.2, 0.25) is 0 Å². The molecule has 0 bridgehead atoms. The molecular formula is C10H10Br2ClNO2. The number of hydrogen-bond acceptors (Lipinski definition) is 2. The van der Waals surface area contributed by atoms with Gasteiger partial charge in [0.1, 0.15) is 0 Å². The molecular weight excluding hydrogens is 361 g/mol. The van der Waals surface area contributed by atoms with Crippen molar-refractivity contribution in [2.45, 2.75) is 12.5 Å². The summed E-state index contributed by atoms with van der Waals surface area (Å²) < 4.78 is 6.80. The van der Waals surface area contributed by atoms with E-state index in [-0.39, 0.29) is 24.5 Å². The van der Waals surface area contributed by atoms with Gasteiger partial charge in [0.05, 0.1) is 12.6 Å². The Hall–Kier alpha value is -0.260. The standard InChI is InChI=1S/C10H9Br2NO2.ClH/c11-7-3-6(4-8(12)5-7)9-1-2-15-10(14)13-9;/h3-5,9H,1-2H2,(H,13,14);1H/t9-;/m0./s1. The summed E-state index contributed by atoms with van der Waals surface area (Å²) in [6.45, 7) is 0.473. The van der Waals surface area contributed by atoms with Gasteiger partial charge in [-0.15, -0.1) is 12.4 Å². The van der Waals surface area contributed by atoms with Crippen LogP contribution in [0.3, 0.4) is 0 Å². The number of benzene rings is 1. The van der Waals surface area contributed by atoms with Crippen molar-refractivity contribution < 1.29 is 9.53 Å². The van der Waals surface area contributed by atoms with E-state index in [1.165, 1.54) is 0 Å². The van der Waals surface area contributed by atoms with Crippen LogP contribution >= 0.6 is 44.3 Å². The molecule has 1 aromatic carbocycles. The van der Waals surface area contributed by atoms with E-state index in [1.807, 2.05) is 18.2 Å². The van der Waals surface area contributed by atoms with Gasteiger partial charge in [0.25, 0.3) is 0 Å². The first-order valence-electron chi connectivity index (χ1n) is 4.54. The maximum absolute atomic E-state index is 11.1. The number of carbonyl (C=O) groups excluding carboxylic acids is 1. The Morgan fingerprint density at radius 3 is 2.44 bits per heavy atom. The van der Waals surface area contributed by atoms with Gasteiger partial charge >= 0.3 is 6.09 Å². The van der Waals surface area contributed by atoms with E-state index < -0.39 is 0 Å². The van der Waals surface area contributed by atoms with Crippen LogP contribution in [-0.4, -0.2) is 12.7 Å². The molecule has 2 rings (SSSR count).